The molecule has 3 aromatic carbocycles. The Bertz CT molecular complexity index is 1730. The molecule has 1 fully saturated rings. The molecular formula is C30H30N2O4. The van der Waals surface area contributed by atoms with Crippen molar-refractivity contribution in [2.75, 3.05) is 0 Å². The van der Waals surface area contributed by atoms with Gasteiger partial charge >= 0.3 is 0 Å². The standard InChI is InChI=1S/C30H30N2O4/c1-2-3-4-8-11-31-27(33)23-14-18-12-20-16-25-26(17-21(20)13-19(18)15-24(23)28(31)34)30(36)32(29(25)35)22-9-6-5-7-10-22/h12-17,22H,2-11H2,1H3. The van der Waals surface area contributed by atoms with Gasteiger partial charge in [-0.15, -0.1) is 0 Å². The first-order valence-corrected chi connectivity index (χ1v) is 13.3. The second-order valence-electron chi connectivity index (χ2n) is 10.4. The topological polar surface area (TPSA) is 78.1 Å². The van der Waals surface area contributed by atoms with E-state index < -0.39 is 0 Å². The zero-order chi connectivity index (χ0) is 25.0. The molecule has 0 N–H and O–H groups in total. The summed E-state index contributed by atoms with van der Waals surface area (Å²) in [6.07, 6.45) is 8.99. The molecule has 36 heavy (non-hydrogen) atoms. The summed E-state index contributed by atoms with van der Waals surface area (Å²) < 4.78 is 2.84. The van der Waals surface area contributed by atoms with Crippen molar-refractivity contribution in [2.45, 2.75) is 77.3 Å². The Hall–Kier alpha value is -3.54. The Labute approximate surface area is 207 Å². The summed E-state index contributed by atoms with van der Waals surface area (Å²) in [6, 6.07) is 11.1. The second kappa shape index (κ2) is 8.84. The third-order valence-corrected chi connectivity index (χ3v) is 8.09. The van der Waals surface area contributed by atoms with Gasteiger partial charge in [0.25, 0.3) is 22.2 Å². The fourth-order valence-electron chi connectivity index (χ4n) is 6.11. The van der Waals surface area contributed by atoms with Crippen LogP contribution in [-0.2, 0) is 6.54 Å². The lowest BCUT2D eigenvalue weighted by Gasteiger charge is -2.21. The molecule has 0 aliphatic heterocycles. The highest BCUT2D eigenvalue weighted by Gasteiger charge is 2.23. The second-order valence-corrected chi connectivity index (χ2v) is 10.4. The van der Waals surface area contributed by atoms with Gasteiger partial charge in [-0.25, -0.2) is 0 Å². The molecule has 1 aliphatic carbocycles. The minimum atomic E-state index is -0.230. The highest BCUT2D eigenvalue weighted by molar-refractivity contribution is 6.08. The summed E-state index contributed by atoms with van der Waals surface area (Å²) in [4.78, 5) is 52.5. The minimum absolute atomic E-state index is 0.0155. The lowest BCUT2D eigenvalue weighted by atomic mass is 9.95. The number of benzene rings is 3. The highest BCUT2D eigenvalue weighted by Crippen LogP contribution is 2.30. The van der Waals surface area contributed by atoms with E-state index in [4.69, 9.17) is 0 Å². The molecule has 6 nitrogen and oxygen atoms in total. The van der Waals surface area contributed by atoms with Crippen LogP contribution in [0, 0.1) is 0 Å². The van der Waals surface area contributed by atoms with Gasteiger partial charge in [0.05, 0.1) is 21.5 Å². The van der Waals surface area contributed by atoms with Crippen molar-refractivity contribution in [1.82, 2.24) is 9.13 Å². The van der Waals surface area contributed by atoms with Gasteiger partial charge in [-0.3, -0.25) is 28.3 Å². The maximum absolute atomic E-state index is 13.2. The first kappa shape index (κ1) is 22.9. The zero-order valence-corrected chi connectivity index (χ0v) is 20.6. The van der Waals surface area contributed by atoms with E-state index in [9.17, 15) is 19.2 Å². The molecule has 0 radical (unpaired) electrons. The van der Waals surface area contributed by atoms with Crippen molar-refractivity contribution in [3.05, 3.63) is 77.8 Å². The Balaban J connectivity index is 1.50. The van der Waals surface area contributed by atoms with Gasteiger partial charge in [0.2, 0.25) is 0 Å². The lowest BCUT2D eigenvalue weighted by molar-refractivity contribution is 0.344. The van der Waals surface area contributed by atoms with Crippen LogP contribution in [0.1, 0.15) is 70.8 Å². The zero-order valence-electron chi connectivity index (χ0n) is 20.6. The first-order chi connectivity index (χ1) is 17.5. The van der Waals surface area contributed by atoms with E-state index in [1.807, 2.05) is 24.3 Å². The minimum Gasteiger partial charge on any atom is -0.274 e. The van der Waals surface area contributed by atoms with Gasteiger partial charge in [-0.1, -0.05) is 45.4 Å². The predicted octanol–water partition coefficient (Wildman–Crippen LogP) is 5.30. The van der Waals surface area contributed by atoms with Crippen molar-refractivity contribution < 1.29 is 0 Å². The van der Waals surface area contributed by atoms with Crippen molar-refractivity contribution in [1.29, 1.82) is 0 Å². The number of nitrogens with zero attached hydrogens (tertiary/aromatic N) is 2. The van der Waals surface area contributed by atoms with E-state index >= 15 is 0 Å². The molecule has 6 rings (SSSR count). The van der Waals surface area contributed by atoms with E-state index in [1.54, 1.807) is 12.1 Å². The summed E-state index contributed by atoms with van der Waals surface area (Å²) in [7, 11) is 0. The van der Waals surface area contributed by atoms with E-state index in [1.165, 1.54) is 9.13 Å². The molecule has 0 spiro atoms. The molecule has 1 saturated carbocycles. The number of unbranched alkanes of at least 4 members (excludes halogenated alkanes) is 3. The molecule has 184 valence electrons. The maximum Gasteiger partial charge on any atom is 0.261 e. The van der Waals surface area contributed by atoms with Crippen molar-refractivity contribution >= 4 is 43.1 Å². The molecule has 0 bridgehead atoms. The first-order valence-electron chi connectivity index (χ1n) is 13.3. The van der Waals surface area contributed by atoms with Crippen LogP contribution in [0.5, 0.6) is 0 Å². The molecule has 0 amide bonds. The van der Waals surface area contributed by atoms with Gasteiger partial charge in [0, 0.05) is 12.6 Å². The SMILES string of the molecule is CCCCCCn1c(=O)c2cc3cc4cc5c(=O)n(C6CCCCC6)c(=O)c5cc4cc3cc2c1=O. The average molecular weight is 483 g/mol. The van der Waals surface area contributed by atoms with Gasteiger partial charge in [-0.05, 0) is 77.2 Å². The number of hydrogen-bond acceptors (Lipinski definition) is 4. The molecule has 2 aromatic heterocycles. The van der Waals surface area contributed by atoms with E-state index in [-0.39, 0.29) is 28.3 Å². The smallest absolute Gasteiger partial charge is 0.261 e. The van der Waals surface area contributed by atoms with Crippen LogP contribution >= 0.6 is 0 Å². The van der Waals surface area contributed by atoms with Gasteiger partial charge in [-0.2, -0.15) is 0 Å². The Kier molecular flexibility index (Phi) is 5.62. The van der Waals surface area contributed by atoms with E-state index in [2.05, 4.69) is 6.92 Å². The van der Waals surface area contributed by atoms with Crippen LogP contribution in [0.25, 0.3) is 43.1 Å². The van der Waals surface area contributed by atoms with Crippen LogP contribution in [0.4, 0.5) is 0 Å². The fourth-order valence-corrected chi connectivity index (χ4v) is 6.11. The van der Waals surface area contributed by atoms with Gasteiger partial charge in [0.1, 0.15) is 0 Å². The van der Waals surface area contributed by atoms with Crippen LogP contribution in [-0.4, -0.2) is 9.13 Å². The molecular weight excluding hydrogens is 452 g/mol. The normalized spacial score (nSPS) is 15.1. The number of rotatable bonds is 6. The Morgan fingerprint density at radius 2 is 1.08 bits per heavy atom. The molecule has 0 saturated heterocycles. The van der Waals surface area contributed by atoms with Crippen molar-refractivity contribution in [2.24, 2.45) is 0 Å². The predicted molar refractivity (Wildman–Crippen MR) is 146 cm³/mol. The quantitative estimate of drug-likeness (QED) is 0.243. The molecule has 5 aromatic rings. The Morgan fingerprint density at radius 1 is 0.611 bits per heavy atom. The van der Waals surface area contributed by atoms with Gasteiger partial charge < -0.3 is 0 Å². The third-order valence-electron chi connectivity index (χ3n) is 8.09. The summed E-state index contributed by atoms with van der Waals surface area (Å²) in [5.74, 6) is 0. The monoisotopic (exact) mass is 482 g/mol. The van der Waals surface area contributed by atoms with Crippen molar-refractivity contribution in [3.63, 3.8) is 0 Å². The molecule has 1 aliphatic rings. The third kappa shape index (κ3) is 3.54. The summed E-state index contributed by atoms with van der Waals surface area (Å²) in [5.41, 5.74) is -0.854. The Morgan fingerprint density at radius 3 is 1.56 bits per heavy atom. The molecule has 0 atom stereocenters. The van der Waals surface area contributed by atoms with E-state index in [0.717, 1.165) is 79.3 Å². The summed E-state index contributed by atoms with van der Waals surface area (Å²) in [5, 5.41) is 5.19. The van der Waals surface area contributed by atoms with Crippen LogP contribution < -0.4 is 22.2 Å². The molecule has 0 unspecified atom stereocenters. The van der Waals surface area contributed by atoms with Crippen LogP contribution in [0.15, 0.2) is 55.6 Å². The molecule has 6 heteroatoms. The fraction of sp³-hybridized carbons (Fsp3) is 0.400. The highest BCUT2D eigenvalue weighted by atomic mass is 16.2. The van der Waals surface area contributed by atoms with Crippen LogP contribution in [0.3, 0.4) is 0 Å². The lowest BCUT2D eigenvalue weighted by Crippen LogP contribution is -2.31. The van der Waals surface area contributed by atoms with E-state index in [0.29, 0.717) is 28.1 Å². The molecule has 2 heterocycles. The average Bonchev–Trinajstić information content (AvgIpc) is 3.26. The number of fused-ring (bicyclic) bond motifs is 4. The van der Waals surface area contributed by atoms with Crippen LogP contribution in [0.2, 0.25) is 0 Å². The van der Waals surface area contributed by atoms with Gasteiger partial charge in [0.15, 0.2) is 0 Å². The summed E-state index contributed by atoms with van der Waals surface area (Å²) >= 11 is 0. The largest absolute Gasteiger partial charge is 0.274 e. The van der Waals surface area contributed by atoms with Crippen molar-refractivity contribution in [3.8, 4) is 0 Å². The number of aromatic nitrogens is 2. The number of hydrogen-bond donors (Lipinski definition) is 0. The maximum atomic E-state index is 13.2. The summed E-state index contributed by atoms with van der Waals surface area (Å²) in [6.45, 7) is 2.57.